The van der Waals surface area contributed by atoms with Crippen molar-refractivity contribution in [2.75, 3.05) is 19.5 Å². The van der Waals surface area contributed by atoms with E-state index in [4.69, 9.17) is 9.47 Å². The lowest BCUT2D eigenvalue weighted by Gasteiger charge is -2.16. The summed E-state index contributed by atoms with van der Waals surface area (Å²) in [7, 11) is 3.13. The van der Waals surface area contributed by atoms with Gasteiger partial charge >= 0.3 is 0 Å². The predicted molar refractivity (Wildman–Crippen MR) is 92.7 cm³/mol. The van der Waals surface area contributed by atoms with Crippen molar-refractivity contribution < 1.29 is 14.3 Å². The van der Waals surface area contributed by atoms with Crippen LogP contribution < -0.4 is 14.8 Å². The summed E-state index contributed by atoms with van der Waals surface area (Å²) in [5, 5.41) is 3.05. The molecule has 0 bridgehead atoms. The van der Waals surface area contributed by atoms with Gasteiger partial charge in [-0.2, -0.15) is 0 Å². The number of hydrogen-bond acceptors (Lipinski definition) is 3. The molecule has 4 nitrogen and oxygen atoms in total. The molecule has 1 N–H and O–H groups in total. The summed E-state index contributed by atoms with van der Waals surface area (Å²) < 4.78 is 10.5. The Morgan fingerprint density at radius 3 is 2.17 bits per heavy atom. The van der Waals surface area contributed by atoms with Gasteiger partial charge in [-0.1, -0.05) is 32.0 Å². The molecule has 0 saturated carbocycles. The van der Waals surface area contributed by atoms with Crippen molar-refractivity contribution in [3.05, 3.63) is 53.1 Å². The Kier molecular flexibility index (Phi) is 5.63. The van der Waals surface area contributed by atoms with E-state index in [0.717, 1.165) is 29.7 Å². The SMILES string of the molecule is CCc1cccc(CC)c1NC(=O)c1cc(OC)ccc1OC. The molecule has 0 aliphatic carbocycles. The zero-order valence-corrected chi connectivity index (χ0v) is 14.1. The van der Waals surface area contributed by atoms with Crippen LogP contribution in [0.15, 0.2) is 36.4 Å². The van der Waals surface area contributed by atoms with E-state index in [1.807, 2.05) is 18.2 Å². The third-order valence-corrected chi connectivity index (χ3v) is 3.89. The molecule has 0 radical (unpaired) electrons. The summed E-state index contributed by atoms with van der Waals surface area (Å²) in [6.45, 7) is 4.16. The fourth-order valence-electron chi connectivity index (χ4n) is 2.58. The maximum atomic E-state index is 12.8. The summed E-state index contributed by atoms with van der Waals surface area (Å²) >= 11 is 0. The Hall–Kier alpha value is -2.49. The van der Waals surface area contributed by atoms with Gasteiger partial charge in [0.05, 0.1) is 19.8 Å². The molecule has 0 fully saturated rings. The highest BCUT2D eigenvalue weighted by molar-refractivity contribution is 6.07. The van der Waals surface area contributed by atoms with Crippen LogP contribution in [0.4, 0.5) is 5.69 Å². The third-order valence-electron chi connectivity index (χ3n) is 3.89. The fraction of sp³-hybridized carbons (Fsp3) is 0.316. The Labute approximate surface area is 137 Å². The van der Waals surface area contributed by atoms with Crippen LogP contribution in [0.5, 0.6) is 11.5 Å². The number of methoxy groups -OCH3 is 2. The minimum absolute atomic E-state index is 0.198. The molecular weight excluding hydrogens is 290 g/mol. The molecule has 1 amide bonds. The van der Waals surface area contributed by atoms with Crippen LogP contribution in [0, 0.1) is 0 Å². The summed E-state index contributed by atoms with van der Waals surface area (Å²) in [5.74, 6) is 0.946. The first-order valence-electron chi connectivity index (χ1n) is 7.78. The maximum absolute atomic E-state index is 12.8. The van der Waals surface area contributed by atoms with Crippen LogP contribution in [0.2, 0.25) is 0 Å². The Bertz CT molecular complexity index is 673. The van der Waals surface area contributed by atoms with Gasteiger partial charge in [0.2, 0.25) is 0 Å². The van der Waals surface area contributed by atoms with Crippen molar-refractivity contribution in [1.29, 1.82) is 0 Å². The van der Waals surface area contributed by atoms with Crippen LogP contribution in [-0.4, -0.2) is 20.1 Å². The number of amides is 1. The van der Waals surface area contributed by atoms with E-state index in [0.29, 0.717) is 17.1 Å². The van der Waals surface area contributed by atoms with Crippen LogP contribution in [-0.2, 0) is 12.8 Å². The van der Waals surface area contributed by atoms with Gasteiger partial charge in [-0.05, 0) is 42.2 Å². The minimum Gasteiger partial charge on any atom is -0.497 e. The van der Waals surface area contributed by atoms with Crippen LogP contribution in [0.3, 0.4) is 0 Å². The van der Waals surface area contributed by atoms with Crippen molar-refractivity contribution in [2.45, 2.75) is 26.7 Å². The van der Waals surface area contributed by atoms with Crippen LogP contribution >= 0.6 is 0 Å². The smallest absolute Gasteiger partial charge is 0.259 e. The summed E-state index contributed by atoms with van der Waals surface area (Å²) in [5.41, 5.74) is 3.60. The predicted octanol–water partition coefficient (Wildman–Crippen LogP) is 4.08. The van der Waals surface area contributed by atoms with E-state index in [1.165, 1.54) is 0 Å². The largest absolute Gasteiger partial charge is 0.497 e. The van der Waals surface area contributed by atoms with E-state index in [9.17, 15) is 4.79 Å². The van der Waals surface area contributed by atoms with E-state index in [1.54, 1.807) is 32.4 Å². The highest BCUT2D eigenvalue weighted by atomic mass is 16.5. The number of rotatable bonds is 6. The molecular formula is C19H23NO3. The second kappa shape index (κ2) is 7.68. The second-order valence-corrected chi connectivity index (χ2v) is 5.18. The number of hydrogen-bond donors (Lipinski definition) is 1. The Balaban J connectivity index is 2.40. The van der Waals surface area contributed by atoms with Gasteiger partial charge in [0, 0.05) is 5.69 Å². The molecule has 0 aliphatic heterocycles. The standard InChI is InChI=1S/C19H23NO3/c1-5-13-8-7-9-14(6-2)18(13)20-19(21)16-12-15(22-3)10-11-17(16)23-4/h7-12H,5-6H2,1-4H3,(H,20,21). The Morgan fingerprint density at radius 1 is 1.00 bits per heavy atom. The van der Waals surface area contributed by atoms with Gasteiger partial charge < -0.3 is 14.8 Å². The molecule has 0 atom stereocenters. The van der Waals surface area contributed by atoms with Crippen LogP contribution in [0.1, 0.15) is 35.3 Å². The van der Waals surface area contributed by atoms with E-state index >= 15 is 0 Å². The molecule has 4 heteroatoms. The monoisotopic (exact) mass is 313 g/mol. The average molecular weight is 313 g/mol. The fourth-order valence-corrected chi connectivity index (χ4v) is 2.58. The van der Waals surface area contributed by atoms with Crippen molar-refractivity contribution in [3.8, 4) is 11.5 Å². The first-order chi connectivity index (χ1) is 11.1. The normalized spacial score (nSPS) is 10.3. The quantitative estimate of drug-likeness (QED) is 0.874. The summed E-state index contributed by atoms with van der Waals surface area (Å²) in [4.78, 5) is 12.8. The lowest BCUT2D eigenvalue weighted by molar-refractivity contribution is 0.102. The number of carbonyl (C=O) groups excluding carboxylic acids is 1. The van der Waals surface area contributed by atoms with Crippen molar-refractivity contribution in [1.82, 2.24) is 0 Å². The highest BCUT2D eigenvalue weighted by Gasteiger charge is 2.16. The summed E-state index contributed by atoms with van der Waals surface area (Å²) in [6, 6.07) is 11.3. The van der Waals surface area contributed by atoms with Gasteiger partial charge in [-0.25, -0.2) is 0 Å². The van der Waals surface area contributed by atoms with Gasteiger partial charge in [0.15, 0.2) is 0 Å². The number of carbonyl (C=O) groups is 1. The number of anilines is 1. The number of benzene rings is 2. The number of nitrogens with one attached hydrogen (secondary N) is 1. The molecule has 0 unspecified atom stereocenters. The van der Waals surface area contributed by atoms with Crippen molar-refractivity contribution >= 4 is 11.6 Å². The van der Waals surface area contributed by atoms with Gasteiger partial charge in [0.25, 0.3) is 5.91 Å². The van der Waals surface area contributed by atoms with E-state index < -0.39 is 0 Å². The lowest BCUT2D eigenvalue weighted by Crippen LogP contribution is -2.16. The molecule has 0 saturated heterocycles. The first-order valence-corrected chi connectivity index (χ1v) is 7.78. The number of aryl methyl sites for hydroxylation is 2. The van der Waals surface area contributed by atoms with Gasteiger partial charge in [0.1, 0.15) is 11.5 Å². The third kappa shape index (κ3) is 3.65. The first kappa shape index (κ1) is 16.9. The highest BCUT2D eigenvalue weighted by Crippen LogP contribution is 2.27. The average Bonchev–Trinajstić information content (AvgIpc) is 2.61. The Morgan fingerprint density at radius 2 is 1.65 bits per heavy atom. The number of para-hydroxylation sites is 1. The zero-order valence-electron chi connectivity index (χ0n) is 14.1. The van der Waals surface area contributed by atoms with Crippen molar-refractivity contribution in [2.24, 2.45) is 0 Å². The van der Waals surface area contributed by atoms with Crippen molar-refractivity contribution in [3.63, 3.8) is 0 Å². The molecule has 0 heterocycles. The molecule has 122 valence electrons. The van der Waals surface area contributed by atoms with Crippen LogP contribution in [0.25, 0.3) is 0 Å². The molecule has 2 aromatic rings. The maximum Gasteiger partial charge on any atom is 0.259 e. The molecule has 2 aromatic carbocycles. The molecule has 2 rings (SSSR count). The van der Waals surface area contributed by atoms with E-state index in [-0.39, 0.29) is 5.91 Å². The summed E-state index contributed by atoms with van der Waals surface area (Å²) in [6.07, 6.45) is 1.72. The lowest BCUT2D eigenvalue weighted by atomic mass is 10.0. The molecule has 0 spiro atoms. The van der Waals surface area contributed by atoms with E-state index in [2.05, 4.69) is 19.2 Å². The molecule has 0 aromatic heterocycles. The molecule has 0 aliphatic rings. The number of ether oxygens (including phenoxy) is 2. The minimum atomic E-state index is -0.198. The zero-order chi connectivity index (χ0) is 16.8. The van der Waals surface area contributed by atoms with Gasteiger partial charge in [-0.15, -0.1) is 0 Å². The topological polar surface area (TPSA) is 47.6 Å². The second-order valence-electron chi connectivity index (χ2n) is 5.18. The molecule has 23 heavy (non-hydrogen) atoms. The van der Waals surface area contributed by atoms with Gasteiger partial charge in [-0.3, -0.25) is 4.79 Å².